The average molecular weight is 293 g/mol. The predicted molar refractivity (Wildman–Crippen MR) is 75.1 cm³/mol. The van der Waals surface area contributed by atoms with E-state index in [4.69, 9.17) is 21.4 Å². The number of hydrogen-bond acceptors (Lipinski definition) is 3. The Hall–Kier alpha value is -2.04. The summed E-state index contributed by atoms with van der Waals surface area (Å²) >= 11 is 5.96. The smallest absolute Gasteiger partial charge is 0.335 e. The van der Waals surface area contributed by atoms with Gasteiger partial charge in [-0.15, -0.1) is 0 Å². The number of rotatable bonds is 5. The summed E-state index contributed by atoms with van der Waals surface area (Å²) in [7, 11) is 0. The van der Waals surface area contributed by atoms with Crippen LogP contribution >= 0.6 is 11.6 Å². The Morgan fingerprint density at radius 1 is 1.15 bits per heavy atom. The highest BCUT2D eigenvalue weighted by Gasteiger charge is 2.07. The maximum Gasteiger partial charge on any atom is 0.335 e. The van der Waals surface area contributed by atoms with Gasteiger partial charge in [-0.3, -0.25) is 0 Å². The molecule has 0 heterocycles. The van der Waals surface area contributed by atoms with Crippen molar-refractivity contribution in [2.75, 3.05) is 0 Å². The van der Waals surface area contributed by atoms with Crippen LogP contribution in [0.1, 0.15) is 21.5 Å². The zero-order valence-electron chi connectivity index (χ0n) is 10.5. The first-order valence-corrected chi connectivity index (χ1v) is 6.33. The van der Waals surface area contributed by atoms with Gasteiger partial charge in [0.05, 0.1) is 12.2 Å². The number of aliphatic hydroxyl groups is 1. The van der Waals surface area contributed by atoms with E-state index in [-0.39, 0.29) is 18.8 Å². The molecule has 0 aliphatic carbocycles. The Bertz CT molecular complexity index is 608. The lowest BCUT2D eigenvalue weighted by atomic mass is 10.1. The molecule has 0 fully saturated rings. The molecule has 0 atom stereocenters. The Balaban J connectivity index is 2.09. The van der Waals surface area contributed by atoms with Gasteiger partial charge in [-0.25, -0.2) is 4.79 Å². The highest BCUT2D eigenvalue weighted by molar-refractivity contribution is 6.31. The van der Waals surface area contributed by atoms with Crippen LogP contribution in [0.25, 0.3) is 0 Å². The first kappa shape index (κ1) is 14.4. The topological polar surface area (TPSA) is 66.8 Å². The number of aliphatic hydroxyl groups excluding tert-OH is 1. The Morgan fingerprint density at radius 3 is 2.45 bits per heavy atom. The molecule has 0 saturated carbocycles. The molecular formula is C15H13ClO4. The number of aromatic carboxylic acids is 1. The monoisotopic (exact) mass is 292 g/mol. The van der Waals surface area contributed by atoms with Crippen LogP contribution in [0.2, 0.25) is 5.02 Å². The first-order valence-electron chi connectivity index (χ1n) is 5.95. The number of hydrogen-bond donors (Lipinski definition) is 2. The molecule has 0 saturated heterocycles. The number of carboxylic acid groups (broad SMARTS) is 1. The predicted octanol–water partition coefficient (Wildman–Crippen LogP) is 3.11. The molecule has 2 aromatic carbocycles. The van der Waals surface area contributed by atoms with Gasteiger partial charge < -0.3 is 14.9 Å². The lowest BCUT2D eigenvalue weighted by Crippen LogP contribution is -2.01. The minimum atomic E-state index is -0.963. The molecule has 0 aliphatic heterocycles. The fourth-order valence-corrected chi connectivity index (χ4v) is 1.96. The number of carboxylic acids is 1. The Morgan fingerprint density at radius 2 is 1.85 bits per heavy atom. The molecule has 0 amide bonds. The van der Waals surface area contributed by atoms with Gasteiger partial charge in [0.15, 0.2) is 0 Å². The maximum absolute atomic E-state index is 10.7. The fourth-order valence-electron chi connectivity index (χ4n) is 1.73. The van der Waals surface area contributed by atoms with Crippen molar-refractivity contribution in [2.24, 2.45) is 0 Å². The van der Waals surface area contributed by atoms with Crippen molar-refractivity contribution < 1.29 is 19.7 Å². The number of halogens is 1. The van der Waals surface area contributed by atoms with E-state index in [1.807, 2.05) is 0 Å². The van der Waals surface area contributed by atoms with Crippen molar-refractivity contribution in [3.8, 4) is 5.75 Å². The summed E-state index contributed by atoms with van der Waals surface area (Å²) in [6.07, 6.45) is 0. The van der Waals surface area contributed by atoms with Gasteiger partial charge in [0.25, 0.3) is 0 Å². The van der Waals surface area contributed by atoms with E-state index in [1.165, 1.54) is 12.1 Å². The van der Waals surface area contributed by atoms with E-state index < -0.39 is 5.97 Å². The molecule has 0 bridgehead atoms. The van der Waals surface area contributed by atoms with Crippen LogP contribution in [0.3, 0.4) is 0 Å². The van der Waals surface area contributed by atoms with Crippen molar-refractivity contribution in [1.29, 1.82) is 0 Å². The minimum absolute atomic E-state index is 0.201. The summed E-state index contributed by atoms with van der Waals surface area (Å²) in [4.78, 5) is 10.7. The number of ether oxygens (including phenoxy) is 1. The molecule has 2 rings (SSSR count). The second kappa shape index (κ2) is 6.41. The van der Waals surface area contributed by atoms with Crippen LogP contribution in [-0.2, 0) is 13.2 Å². The normalized spacial score (nSPS) is 10.3. The molecule has 0 spiro atoms. The van der Waals surface area contributed by atoms with Gasteiger partial charge >= 0.3 is 5.97 Å². The Kier molecular flexibility index (Phi) is 4.61. The van der Waals surface area contributed by atoms with Crippen LogP contribution in [0, 0.1) is 0 Å². The molecule has 20 heavy (non-hydrogen) atoms. The molecule has 0 aliphatic rings. The molecule has 4 nitrogen and oxygen atoms in total. The van der Waals surface area contributed by atoms with Crippen molar-refractivity contribution in [2.45, 2.75) is 13.2 Å². The summed E-state index contributed by atoms with van der Waals surface area (Å²) < 4.78 is 5.60. The van der Waals surface area contributed by atoms with Gasteiger partial charge in [0, 0.05) is 10.6 Å². The minimum Gasteiger partial charge on any atom is -0.488 e. The zero-order valence-corrected chi connectivity index (χ0v) is 11.3. The zero-order chi connectivity index (χ0) is 14.5. The van der Waals surface area contributed by atoms with E-state index >= 15 is 0 Å². The summed E-state index contributed by atoms with van der Waals surface area (Å²) in [6.45, 7) is 0.0696. The second-order valence-corrected chi connectivity index (χ2v) is 4.57. The van der Waals surface area contributed by atoms with Crippen LogP contribution in [0.4, 0.5) is 0 Å². The van der Waals surface area contributed by atoms with Gasteiger partial charge in [-0.2, -0.15) is 0 Å². The van der Waals surface area contributed by atoms with E-state index in [9.17, 15) is 9.90 Å². The van der Waals surface area contributed by atoms with E-state index in [0.717, 1.165) is 5.56 Å². The average Bonchev–Trinajstić information content (AvgIpc) is 2.45. The lowest BCUT2D eigenvalue weighted by molar-refractivity contribution is 0.0697. The summed E-state index contributed by atoms with van der Waals surface area (Å²) in [5, 5.41) is 18.5. The summed E-state index contributed by atoms with van der Waals surface area (Å²) in [6, 6.07) is 11.6. The molecule has 0 unspecified atom stereocenters. The Labute approximate surface area is 121 Å². The van der Waals surface area contributed by atoms with Gasteiger partial charge in [0.2, 0.25) is 0 Å². The fraction of sp³-hybridized carbons (Fsp3) is 0.133. The summed E-state index contributed by atoms with van der Waals surface area (Å²) in [5.74, 6) is -0.447. The van der Waals surface area contributed by atoms with Gasteiger partial charge in [0.1, 0.15) is 12.4 Å². The van der Waals surface area contributed by atoms with Gasteiger partial charge in [-0.05, 0) is 29.8 Å². The molecule has 0 radical (unpaired) electrons. The third-order valence-corrected chi connectivity index (χ3v) is 3.18. The molecule has 2 aromatic rings. The molecule has 104 valence electrons. The standard InChI is InChI=1S/C15H13ClO4/c16-13-2-1-3-14(12(13)8-17)20-9-10-4-6-11(7-5-10)15(18)19/h1-7,17H,8-9H2,(H,18,19). The number of benzene rings is 2. The SMILES string of the molecule is O=C(O)c1ccc(COc2cccc(Cl)c2CO)cc1. The molecule has 2 N–H and O–H groups in total. The van der Waals surface area contributed by atoms with E-state index in [1.54, 1.807) is 30.3 Å². The second-order valence-electron chi connectivity index (χ2n) is 4.17. The number of carbonyl (C=O) groups is 1. The van der Waals surface area contributed by atoms with Crippen LogP contribution in [0.15, 0.2) is 42.5 Å². The van der Waals surface area contributed by atoms with Crippen LogP contribution in [-0.4, -0.2) is 16.2 Å². The van der Waals surface area contributed by atoms with E-state index in [2.05, 4.69) is 0 Å². The van der Waals surface area contributed by atoms with Crippen molar-refractivity contribution in [1.82, 2.24) is 0 Å². The van der Waals surface area contributed by atoms with Crippen molar-refractivity contribution >= 4 is 17.6 Å². The maximum atomic E-state index is 10.7. The molecule has 5 heteroatoms. The first-order chi connectivity index (χ1) is 9.61. The van der Waals surface area contributed by atoms with Crippen molar-refractivity contribution in [3.63, 3.8) is 0 Å². The van der Waals surface area contributed by atoms with Gasteiger partial charge in [-0.1, -0.05) is 29.8 Å². The third-order valence-electron chi connectivity index (χ3n) is 2.83. The highest BCUT2D eigenvalue weighted by atomic mass is 35.5. The van der Waals surface area contributed by atoms with Crippen LogP contribution < -0.4 is 4.74 Å². The third kappa shape index (κ3) is 3.29. The van der Waals surface area contributed by atoms with E-state index in [0.29, 0.717) is 16.3 Å². The highest BCUT2D eigenvalue weighted by Crippen LogP contribution is 2.27. The molecular weight excluding hydrogens is 280 g/mol. The largest absolute Gasteiger partial charge is 0.488 e. The lowest BCUT2D eigenvalue weighted by Gasteiger charge is -2.11. The quantitative estimate of drug-likeness (QED) is 0.888. The van der Waals surface area contributed by atoms with Crippen molar-refractivity contribution in [3.05, 3.63) is 64.2 Å². The van der Waals surface area contributed by atoms with Crippen LogP contribution in [0.5, 0.6) is 5.75 Å². The molecule has 0 aromatic heterocycles. The summed E-state index contributed by atoms with van der Waals surface area (Å²) in [5.41, 5.74) is 1.60.